The van der Waals surface area contributed by atoms with E-state index in [4.69, 9.17) is 20.4 Å². The van der Waals surface area contributed by atoms with Crippen LogP contribution < -0.4 is 0 Å². The highest BCUT2D eigenvalue weighted by Crippen LogP contribution is 2.15. The van der Waals surface area contributed by atoms with Crippen LogP contribution in [0.4, 0.5) is 0 Å². The van der Waals surface area contributed by atoms with Gasteiger partial charge in [0.2, 0.25) is 0 Å². The van der Waals surface area contributed by atoms with Crippen LogP contribution in [-0.2, 0) is 9.59 Å². The summed E-state index contributed by atoms with van der Waals surface area (Å²) in [6, 6.07) is 0. The van der Waals surface area contributed by atoms with Gasteiger partial charge in [0.05, 0.1) is 6.61 Å². The second-order valence-electron chi connectivity index (χ2n) is 2.78. The predicted molar refractivity (Wildman–Crippen MR) is 42.2 cm³/mol. The van der Waals surface area contributed by atoms with Gasteiger partial charge in [-0.1, -0.05) is 0 Å². The van der Waals surface area contributed by atoms with Crippen LogP contribution in [0.25, 0.3) is 0 Å². The fourth-order valence-corrected chi connectivity index (χ4v) is 0.831. The highest BCUT2D eigenvalue weighted by atomic mass is 16.4. The fraction of sp³-hybridized carbons (Fsp3) is 0.714. The van der Waals surface area contributed by atoms with Gasteiger partial charge in [-0.25, -0.2) is 0 Å². The second kappa shape index (κ2) is 5.13. The van der Waals surface area contributed by atoms with E-state index in [0.717, 1.165) is 0 Å². The lowest BCUT2D eigenvalue weighted by molar-refractivity contribution is -0.180. The van der Waals surface area contributed by atoms with E-state index in [1.807, 2.05) is 0 Å². The van der Waals surface area contributed by atoms with Gasteiger partial charge in [-0.3, -0.25) is 4.79 Å². The Morgan fingerprint density at radius 1 is 1.21 bits per heavy atom. The first-order valence-electron chi connectivity index (χ1n) is 3.73. The normalized spacial score (nSPS) is 21.8. The molecule has 0 aliphatic carbocycles. The molecule has 0 aromatic heterocycles. The molecule has 0 saturated carbocycles. The molecule has 0 saturated heterocycles. The largest absolute Gasteiger partial charge is 0.394 e. The molecule has 0 bridgehead atoms. The summed E-state index contributed by atoms with van der Waals surface area (Å²) in [6.07, 6.45) is -6.58. The Balaban J connectivity index is 4.83. The Morgan fingerprint density at radius 3 is 2.00 bits per heavy atom. The average Bonchev–Trinajstić information content (AvgIpc) is 2.24. The zero-order valence-electron chi connectivity index (χ0n) is 7.15. The first kappa shape index (κ1) is 13.1. The molecule has 4 unspecified atom stereocenters. The molecule has 14 heavy (non-hydrogen) atoms. The molecule has 0 aromatic rings. The lowest BCUT2D eigenvalue weighted by atomic mass is 9.89. The molecule has 0 radical (unpaired) electrons. The van der Waals surface area contributed by atoms with Crippen molar-refractivity contribution < 1.29 is 35.1 Å². The van der Waals surface area contributed by atoms with Gasteiger partial charge in [0, 0.05) is 0 Å². The summed E-state index contributed by atoms with van der Waals surface area (Å²) in [5, 5.41) is 44.6. The van der Waals surface area contributed by atoms with Gasteiger partial charge in [0.25, 0.3) is 0 Å². The zero-order valence-corrected chi connectivity index (χ0v) is 7.15. The van der Waals surface area contributed by atoms with E-state index in [2.05, 4.69) is 0 Å². The van der Waals surface area contributed by atoms with Crippen LogP contribution in [0.2, 0.25) is 0 Å². The van der Waals surface area contributed by atoms with Crippen LogP contribution in [0, 0.1) is 0 Å². The van der Waals surface area contributed by atoms with Crippen molar-refractivity contribution in [3.63, 3.8) is 0 Å². The Kier molecular flexibility index (Phi) is 4.81. The minimum absolute atomic E-state index is 0.165. The van der Waals surface area contributed by atoms with Crippen LogP contribution in [0.5, 0.6) is 0 Å². The smallest absolute Gasteiger partial charge is 0.181 e. The van der Waals surface area contributed by atoms with Crippen LogP contribution in [0.15, 0.2) is 0 Å². The van der Waals surface area contributed by atoms with Gasteiger partial charge in [-0.05, 0) is 0 Å². The van der Waals surface area contributed by atoms with E-state index >= 15 is 0 Å². The molecule has 0 aromatic carbocycles. The van der Waals surface area contributed by atoms with E-state index in [9.17, 15) is 14.7 Å². The highest BCUT2D eigenvalue weighted by molar-refractivity contribution is 5.74. The molecule has 4 atom stereocenters. The number of carbonyl (C=O) groups excluding carboxylic acids is 2. The van der Waals surface area contributed by atoms with Crippen molar-refractivity contribution in [1.82, 2.24) is 0 Å². The summed E-state index contributed by atoms with van der Waals surface area (Å²) in [5.74, 6) is 0. The molecule has 5 N–H and O–H groups in total. The fourth-order valence-electron chi connectivity index (χ4n) is 0.831. The van der Waals surface area contributed by atoms with E-state index in [1.54, 1.807) is 0 Å². The number of carbonyl (C=O) groups is 2. The minimum atomic E-state index is -2.82. The molecule has 0 aliphatic heterocycles. The standard InChI is InChI=1S/C7H12O7/c8-1-4(11)6(13)7(14,3-10)5(12)2-9/h2-6,8,11-14H,1H2. The number of hydrogen-bond donors (Lipinski definition) is 5. The summed E-state index contributed by atoms with van der Waals surface area (Å²) < 4.78 is 0. The van der Waals surface area contributed by atoms with E-state index in [0.29, 0.717) is 0 Å². The lowest BCUT2D eigenvalue weighted by Crippen LogP contribution is -2.59. The number of rotatable bonds is 6. The molecule has 7 nitrogen and oxygen atoms in total. The molecule has 0 amide bonds. The Hall–Kier alpha value is -0.860. The molecule has 0 rings (SSSR count). The van der Waals surface area contributed by atoms with Crippen molar-refractivity contribution in [3.8, 4) is 0 Å². The number of aliphatic hydroxyl groups is 5. The van der Waals surface area contributed by atoms with Crippen LogP contribution in [0.1, 0.15) is 0 Å². The Bertz CT molecular complexity index is 206. The first-order valence-corrected chi connectivity index (χ1v) is 3.73. The minimum Gasteiger partial charge on any atom is -0.394 e. The van der Waals surface area contributed by atoms with Crippen molar-refractivity contribution in [2.24, 2.45) is 0 Å². The number of aliphatic hydroxyl groups excluding tert-OH is 4. The highest BCUT2D eigenvalue weighted by Gasteiger charge is 2.46. The van der Waals surface area contributed by atoms with Crippen LogP contribution in [0.3, 0.4) is 0 Å². The maximum absolute atomic E-state index is 10.4. The van der Waals surface area contributed by atoms with Gasteiger partial charge >= 0.3 is 0 Å². The third-order valence-electron chi connectivity index (χ3n) is 1.82. The quantitative estimate of drug-likeness (QED) is 0.282. The third-order valence-corrected chi connectivity index (χ3v) is 1.82. The molecule has 0 fully saturated rings. The van der Waals surface area contributed by atoms with E-state index in [-0.39, 0.29) is 12.6 Å². The van der Waals surface area contributed by atoms with Gasteiger partial charge in [0.15, 0.2) is 18.2 Å². The van der Waals surface area contributed by atoms with Gasteiger partial charge in [0.1, 0.15) is 18.3 Å². The summed E-state index contributed by atoms with van der Waals surface area (Å²) in [7, 11) is 0. The molecule has 82 valence electrons. The maximum Gasteiger partial charge on any atom is 0.181 e. The molecule has 0 heterocycles. The van der Waals surface area contributed by atoms with Gasteiger partial charge < -0.3 is 30.3 Å². The summed E-state index contributed by atoms with van der Waals surface area (Å²) in [6.45, 7) is -0.928. The third kappa shape index (κ3) is 2.34. The van der Waals surface area contributed by atoms with E-state index in [1.165, 1.54) is 0 Å². The summed E-state index contributed by atoms with van der Waals surface area (Å²) >= 11 is 0. The van der Waals surface area contributed by atoms with E-state index < -0.39 is 30.5 Å². The van der Waals surface area contributed by atoms with Crippen molar-refractivity contribution in [1.29, 1.82) is 0 Å². The summed E-state index contributed by atoms with van der Waals surface area (Å²) in [4.78, 5) is 20.5. The molecule has 7 heteroatoms. The molecule has 0 aliphatic rings. The van der Waals surface area contributed by atoms with Crippen LogP contribution in [-0.4, -0.2) is 68.6 Å². The Morgan fingerprint density at radius 2 is 1.71 bits per heavy atom. The Labute approximate surface area is 79.2 Å². The average molecular weight is 208 g/mol. The number of hydrogen-bond acceptors (Lipinski definition) is 7. The van der Waals surface area contributed by atoms with Crippen LogP contribution >= 0.6 is 0 Å². The second-order valence-corrected chi connectivity index (χ2v) is 2.78. The topological polar surface area (TPSA) is 135 Å². The lowest BCUT2D eigenvalue weighted by Gasteiger charge is -2.31. The monoisotopic (exact) mass is 208 g/mol. The van der Waals surface area contributed by atoms with Crippen molar-refractivity contribution in [2.45, 2.75) is 23.9 Å². The summed E-state index contributed by atoms with van der Waals surface area (Å²) in [5.41, 5.74) is -2.82. The molecular weight excluding hydrogens is 196 g/mol. The van der Waals surface area contributed by atoms with Crippen molar-refractivity contribution in [2.75, 3.05) is 6.61 Å². The SMILES string of the molecule is O=CC(O)C(O)(C=O)C(O)C(O)CO. The van der Waals surface area contributed by atoms with Gasteiger partial charge in [-0.15, -0.1) is 0 Å². The number of aldehydes is 2. The molecule has 0 spiro atoms. The van der Waals surface area contributed by atoms with Gasteiger partial charge in [-0.2, -0.15) is 0 Å². The predicted octanol–water partition coefficient (Wildman–Crippen LogP) is -3.81. The molecular formula is C7H12O7. The first-order chi connectivity index (χ1) is 6.43. The maximum atomic E-state index is 10.4. The van der Waals surface area contributed by atoms with Crippen molar-refractivity contribution >= 4 is 12.6 Å². The zero-order chi connectivity index (χ0) is 11.4. The van der Waals surface area contributed by atoms with Crippen molar-refractivity contribution in [3.05, 3.63) is 0 Å².